The molecule has 149 heavy (non-hydrogen) atoms. The van der Waals surface area contributed by atoms with Crippen LogP contribution in [0.1, 0.15) is 184 Å². The standard InChI is InChI=1S/C55H85N17O11.C42H72N14O10/c1-7-32(4)46(58)52(81)66-40(11-8-9-19-56)54(83)71-23-21-70(22-24-71)35-15-18-38-37(27-35)53(82)72(30-63-38)29-45(75)65-39(12-10-20-62-55(59)60)49(78)64-33(5)47(76)67-42(26-34-13-16-36(73)17-14-34)51(80)68-41(25-31(2)3)50(79)69-43(28-44(57)74)48(77)61-6;1-21(2)19-23(5)35(61)55-32(22(3)4)39(65)56-33(24(6)57)40(66)53-28(10-8-18-50-42(47)48)36(62)52-29(15-16-31(43)59)38(64)51-27(9-7-17-49-41(45)46)37(63)54-30(34(44)60)20-25-11-13-26(58)14-12-25/h13-18,27,30-33,39-43,46,73H,7-12,19-26,28-29,56,58H2,1-6H3,(H2,57,74)(H,61,77)(H,64,78)(H,65,75)(H,66,81)(H,67,76)(H,68,80)(H,69,79)(H4,59,60,62);11-14,21-24,27-30,32-33,57-58H,7-10,15-20H2,1-6H3,(H2,43,59)(H2,44,60)(H,51,64)(H,52,62)(H,53,66)(H,54,63)(H,55,61)(H,56,65)(H4,45,46,49)(H4,47,48,50)/t32-,33-,39-,40-,41-,42-,43-,46-;23-,24+,27-,28-,29-,30-,32-,33-/m00/s1. The van der Waals surface area contributed by atoms with Gasteiger partial charge < -0.3 is 157 Å². The lowest BCUT2D eigenvalue weighted by molar-refractivity contribution is -0.137. The lowest BCUT2D eigenvalue weighted by Gasteiger charge is -2.38. The first-order valence-corrected chi connectivity index (χ1v) is 49.8. The fourth-order valence-corrected chi connectivity index (χ4v) is 15.7. The highest BCUT2D eigenvalue weighted by molar-refractivity contribution is 6.00. The van der Waals surface area contributed by atoms with Crippen LogP contribution in [0.15, 0.2) is 92.8 Å². The van der Waals surface area contributed by atoms with Crippen LogP contribution in [0.25, 0.3) is 10.9 Å². The number of amides is 17. The number of piperazine rings is 1. The smallest absolute Gasteiger partial charge is 0.261 e. The van der Waals surface area contributed by atoms with Crippen molar-refractivity contribution in [1.29, 1.82) is 0 Å². The summed E-state index contributed by atoms with van der Waals surface area (Å²) >= 11 is 0. The molecule has 0 aliphatic carbocycles. The number of rotatable bonds is 62. The number of aliphatic hydroxyl groups is 1. The van der Waals surface area contributed by atoms with Crippen molar-refractivity contribution in [2.75, 3.05) is 64.3 Å². The van der Waals surface area contributed by atoms with Gasteiger partial charge in [-0.2, -0.15) is 0 Å². The first-order valence-electron chi connectivity index (χ1n) is 49.8. The number of phenols is 2. The number of aliphatic hydroxyl groups excluding tert-OH is 1. The number of carbonyl (C=O) groups excluding carboxylic acids is 17. The summed E-state index contributed by atoms with van der Waals surface area (Å²) in [5.74, 6) is -14.5. The number of primary amides is 3. The summed E-state index contributed by atoms with van der Waals surface area (Å²) < 4.78 is 1.09. The number of carbonyl (C=O) groups is 17. The zero-order valence-electron chi connectivity index (χ0n) is 87.0. The topological polar surface area (TPSA) is 872 Å². The molecule has 17 amide bonds. The van der Waals surface area contributed by atoms with E-state index in [1.807, 2.05) is 32.6 Å². The third-order valence-corrected chi connectivity index (χ3v) is 24.3. The molecule has 0 bridgehead atoms. The number of likely N-dealkylation sites (N-methyl/N-ethyl adjacent to an activating group) is 1. The van der Waals surface area contributed by atoms with Crippen molar-refractivity contribution in [3.63, 3.8) is 0 Å². The molecule has 1 aliphatic heterocycles. The number of unbranched alkanes of at least 4 members (excludes halogenated alkanes) is 1. The fraction of sp³-hybridized carbons (Fsp3) is 0.588. The van der Waals surface area contributed by atoms with Crippen LogP contribution in [0, 0.1) is 29.6 Å². The molecule has 0 spiro atoms. The molecule has 4 aromatic rings. The van der Waals surface area contributed by atoms with Crippen LogP contribution in [-0.4, -0.2) is 292 Å². The number of hydrogen-bond acceptors (Lipinski definition) is 28. The molecular weight excluding hydrogens is 1940 g/mol. The monoisotopic (exact) mass is 2090 g/mol. The zero-order valence-corrected chi connectivity index (χ0v) is 87.0. The Bertz CT molecular complexity index is 5290. The first-order chi connectivity index (χ1) is 70.2. The Balaban J connectivity index is 0.000000638. The van der Waals surface area contributed by atoms with Crippen LogP contribution >= 0.6 is 0 Å². The number of aliphatic imine (C=N–C) groups is 3. The van der Waals surface area contributed by atoms with Crippen molar-refractivity contribution in [3.8, 4) is 11.5 Å². The van der Waals surface area contributed by atoms with E-state index in [4.69, 9.17) is 63.1 Å². The number of phenolic OH excluding ortho intramolecular Hbond substituents is 2. The van der Waals surface area contributed by atoms with E-state index in [-0.39, 0.29) is 154 Å². The summed E-state index contributed by atoms with van der Waals surface area (Å²) in [6.45, 7) is 20.5. The minimum Gasteiger partial charge on any atom is -0.508 e. The summed E-state index contributed by atoms with van der Waals surface area (Å²) in [5.41, 5.74) is 62.6. The van der Waals surface area contributed by atoms with Gasteiger partial charge in [-0.15, -0.1) is 0 Å². The highest BCUT2D eigenvalue weighted by Gasteiger charge is 2.40. The van der Waals surface area contributed by atoms with E-state index in [2.05, 4.69) is 89.1 Å². The Labute approximate surface area is 865 Å². The molecule has 3 aromatic carbocycles. The molecule has 16 atom stereocenters. The van der Waals surface area contributed by atoms with Crippen LogP contribution in [-0.2, 0) is 101 Å². The molecule has 1 aliphatic rings. The Kier molecular flexibility index (Phi) is 54.3. The number of anilines is 1. The molecule has 2 heterocycles. The van der Waals surface area contributed by atoms with Gasteiger partial charge in [0.15, 0.2) is 17.9 Å². The lowest BCUT2D eigenvalue weighted by Crippen LogP contribution is -2.61. The van der Waals surface area contributed by atoms with Crippen molar-refractivity contribution in [2.24, 2.45) is 108 Å². The highest BCUT2D eigenvalue weighted by Crippen LogP contribution is 2.24. The van der Waals surface area contributed by atoms with Crippen LogP contribution < -0.4 is 143 Å². The summed E-state index contributed by atoms with van der Waals surface area (Å²) in [4.78, 5) is 261. The number of aromatic nitrogens is 2. The SMILES string of the molecule is CC(C)C[C@H](C)C(=O)N[C@H](C(=O)N[C@H](C(=O)N[C@@H](CCCN=C(N)N)C(=O)N[C@@H](CCC(N)=O)C(=O)N[C@@H](CCCN=C(N)N)C(=O)N[C@@H](Cc1ccc(O)cc1)C(N)=O)[C@@H](C)O)C(C)C.CC[C@H](C)[C@H](N)C(=O)N[C@@H](CCCCN)C(=O)N1CCN(c2ccc3ncn(CC(=O)N[C@@H](CCCN=C(N)N)C(=O)N[C@@H](C)C(=O)N[C@@H](Cc4ccc(O)cc4)C(=O)N[C@@H](CC(C)C)C(=O)N[C@@H](CC(N)=O)C(=O)NC)c(=O)c3c2)CC1. The first kappa shape index (κ1) is 126. The Morgan fingerprint density at radius 1 is 0.443 bits per heavy atom. The van der Waals surface area contributed by atoms with E-state index >= 15 is 0 Å². The maximum absolute atomic E-state index is 14.1. The Morgan fingerprint density at radius 2 is 0.879 bits per heavy atom. The average Bonchev–Trinajstić information content (AvgIpc) is 0.785. The Morgan fingerprint density at radius 3 is 1.35 bits per heavy atom. The molecule has 52 nitrogen and oxygen atoms in total. The third kappa shape index (κ3) is 45.4. The van der Waals surface area contributed by atoms with Crippen LogP contribution in [0.4, 0.5) is 5.69 Å². The van der Waals surface area contributed by atoms with Crippen molar-refractivity contribution >= 4 is 135 Å². The van der Waals surface area contributed by atoms with E-state index in [0.29, 0.717) is 87.2 Å². The number of nitrogens with zero attached hydrogens (tertiary/aromatic N) is 7. The number of fused-ring (bicyclic) bond motifs is 1. The predicted molar refractivity (Wildman–Crippen MR) is 557 cm³/mol. The van der Waals surface area contributed by atoms with Gasteiger partial charge in [0.25, 0.3) is 5.56 Å². The Hall–Kier alpha value is -15.1. The van der Waals surface area contributed by atoms with Gasteiger partial charge in [0, 0.05) is 83.7 Å². The lowest BCUT2D eigenvalue weighted by atomic mass is 9.96. The molecule has 1 fully saturated rings. The van der Waals surface area contributed by atoms with Gasteiger partial charge in [-0.05, 0) is 175 Å². The van der Waals surface area contributed by atoms with Crippen molar-refractivity contribution in [1.82, 2.24) is 83.6 Å². The van der Waals surface area contributed by atoms with Crippen LogP contribution in [0.3, 0.4) is 0 Å². The van der Waals surface area contributed by atoms with E-state index in [0.717, 1.165) is 4.57 Å². The molecule has 38 N–H and O–H groups in total. The number of benzene rings is 3. The maximum atomic E-state index is 14.1. The van der Waals surface area contributed by atoms with Gasteiger partial charge in [0.2, 0.25) is 100 Å². The highest BCUT2D eigenvalue weighted by atomic mass is 16.3. The number of nitrogens with two attached hydrogens (primary N) is 11. The van der Waals surface area contributed by atoms with Gasteiger partial charge in [-0.3, -0.25) is 106 Å². The van der Waals surface area contributed by atoms with Crippen molar-refractivity contribution < 1.29 is 96.8 Å². The van der Waals surface area contributed by atoms with E-state index < -0.39 is 204 Å². The quantitative estimate of drug-likeness (QED) is 0.0111. The molecule has 0 radical (unpaired) electrons. The molecule has 52 heteroatoms. The predicted octanol–water partition coefficient (Wildman–Crippen LogP) is -6.43. The third-order valence-electron chi connectivity index (χ3n) is 24.3. The largest absolute Gasteiger partial charge is 0.508 e. The molecule has 826 valence electrons. The van der Waals surface area contributed by atoms with E-state index in [1.165, 1.54) is 75.8 Å². The maximum Gasteiger partial charge on any atom is 0.261 e. The molecule has 0 saturated carbocycles. The summed E-state index contributed by atoms with van der Waals surface area (Å²) in [6, 6.07) is 0.196. The van der Waals surface area contributed by atoms with Crippen LogP contribution in [0.5, 0.6) is 11.5 Å². The normalized spacial score (nSPS) is 15.0. The number of hydrogen-bond donors (Lipinski definition) is 27. The molecule has 5 rings (SSSR count). The van der Waals surface area contributed by atoms with E-state index in [9.17, 15) is 102 Å². The van der Waals surface area contributed by atoms with E-state index in [1.54, 1.807) is 57.7 Å². The van der Waals surface area contributed by atoms with Crippen LogP contribution in [0.2, 0.25) is 0 Å². The number of guanidine groups is 3. The van der Waals surface area contributed by atoms with Gasteiger partial charge in [0.1, 0.15) is 90.5 Å². The van der Waals surface area contributed by atoms with Gasteiger partial charge in [0.05, 0.1) is 35.8 Å². The summed E-state index contributed by atoms with van der Waals surface area (Å²) in [7, 11) is 1.31. The summed E-state index contributed by atoms with van der Waals surface area (Å²) in [6.07, 6.45) is 1.39. The summed E-state index contributed by atoms with van der Waals surface area (Å²) in [5, 5.41) is 64.0. The molecule has 1 aromatic heterocycles. The van der Waals surface area contributed by atoms with Crippen molar-refractivity contribution in [2.45, 2.75) is 277 Å². The fourth-order valence-electron chi connectivity index (χ4n) is 15.7. The van der Waals surface area contributed by atoms with Gasteiger partial charge in [-0.25, -0.2) is 4.98 Å². The second-order valence-corrected chi connectivity index (χ2v) is 38.1. The minimum absolute atomic E-state index is 0.00479. The number of nitrogens with one attached hydrogen (secondary N) is 13. The second-order valence-electron chi connectivity index (χ2n) is 38.1. The molecule has 1 saturated heterocycles. The number of aromatic hydroxyl groups is 2. The molecule has 0 unspecified atom stereocenters. The van der Waals surface area contributed by atoms with Gasteiger partial charge >= 0.3 is 0 Å². The average molecular weight is 2090 g/mol. The van der Waals surface area contributed by atoms with Crippen molar-refractivity contribution in [3.05, 3.63) is 94.5 Å². The second kappa shape index (κ2) is 64.1. The zero-order chi connectivity index (χ0) is 112. The molecular formula is C97H157N31O21. The van der Waals surface area contributed by atoms with Gasteiger partial charge in [-0.1, -0.05) is 93.0 Å². The minimum atomic E-state index is -1.64.